The molecule has 1 aromatic carbocycles. The van der Waals surface area contributed by atoms with Gasteiger partial charge in [0.15, 0.2) is 0 Å². The fourth-order valence-corrected chi connectivity index (χ4v) is 2.44. The molecule has 1 aromatic rings. The maximum atomic E-state index is 12.5. The van der Waals surface area contributed by atoms with Crippen molar-refractivity contribution in [2.75, 3.05) is 0 Å². The maximum Gasteiger partial charge on any atom is 0.326 e. The predicted octanol–water partition coefficient (Wildman–Crippen LogP) is 3.45. The number of carbonyl (C=O) groups is 2. The van der Waals surface area contributed by atoms with Gasteiger partial charge in [-0.1, -0.05) is 50.9 Å². The molecule has 0 saturated carbocycles. The molecule has 0 radical (unpaired) electrons. The molecule has 0 aromatic heterocycles. The molecule has 1 unspecified atom stereocenters. The van der Waals surface area contributed by atoms with Gasteiger partial charge in [-0.05, 0) is 30.0 Å². The fraction of sp³-hybridized carbons (Fsp3) is 0.500. The Morgan fingerprint density at radius 1 is 1.24 bits per heavy atom. The minimum absolute atomic E-state index is 0.0576. The van der Waals surface area contributed by atoms with Gasteiger partial charge in [0, 0.05) is 5.02 Å². The molecule has 4 nitrogen and oxygen atoms in total. The number of nitrogens with one attached hydrogen (secondary N) is 1. The van der Waals surface area contributed by atoms with Crippen LogP contribution in [0, 0.1) is 5.92 Å². The van der Waals surface area contributed by atoms with Crippen molar-refractivity contribution in [3.63, 3.8) is 0 Å². The fourth-order valence-electron chi connectivity index (χ4n) is 2.32. The Kier molecular flexibility index (Phi) is 6.69. The van der Waals surface area contributed by atoms with Crippen LogP contribution in [0.15, 0.2) is 24.3 Å². The van der Waals surface area contributed by atoms with Crippen LogP contribution in [0.4, 0.5) is 0 Å². The monoisotopic (exact) mass is 311 g/mol. The number of rotatable bonds is 7. The van der Waals surface area contributed by atoms with Crippen LogP contribution in [0.1, 0.15) is 45.1 Å². The second kappa shape index (κ2) is 8.03. The third kappa shape index (κ3) is 5.05. The van der Waals surface area contributed by atoms with Gasteiger partial charge in [0.05, 0.1) is 5.92 Å². The summed E-state index contributed by atoms with van der Waals surface area (Å²) in [5, 5.41) is 12.4. The lowest BCUT2D eigenvalue weighted by Gasteiger charge is -2.23. The molecule has 0 aliphatic heterocycles. The van der Waals surface area contributed by atoms with E-state index < -0.39 is 12.0 Å². The third-order valence-corrected chi connectivity index (χ3v) is 3.62. The van der Waals surface area contributed by atoms with Gasteiger partial charge in [0.2, 0.25) is 5.91 Å². The van der Waals surface area contributed by atoms with E-state index in [1.807, 2.05) is 32.9 Å². The molecule has 2 N–H and O–H groups in total. The lowest BCUT2D eigenvalue weighted by atomic mass is 9.87. The van der Waals surface area contributed by atoms with Gasteiger partial charge in [-0.2, -0.15) is 0 Å². The van der Waals surface area contributed by atoms with Crippen LogP contribution in [0.25, 0.3) is 0 Å². The lowest BCUT2D eigenvalue weighted by molar-refractivity contribution is -0.142. The number of amides is 1. The van der Waals surface area contributed by atoms with Gasteiger partial charge in [-0.3, -0.25) is 4.79 Å². The highest BCUT2D eigenvalue weighted by Crippen LogP contribution is 2.26. The molecular weight excluding hydrogens is 290 g/mol. The highest BCUT2D eigenvalue weighted by atomic mass is 35.5. The van der Waals surface area contributed by atoms with Crippen molar-refractivity contribution in [1.82, 2.24) is 5.32 Å². The van der Waals surface area contributed by atoms with Crippen LogP contribution in [0.5, 0.6) is 0 Å². The van der Waals surface area contributed by atoms with Gasteiger partial charge in [-0.25, -0.2) is 4.79 Å². The SMILES string of the molecule is CCC[C@H](NC(=O)C(c1ccc(Cl)cc1)C(C)C)C(=O)O. The number of hydrogen-bond acceptors (Lipinski definition) is 2. The highest BCUT2D eigenvalue weighted by Gasteiger charge is 2.28. The molecule has 0 heterocycles. The van der Waals surface area contributed by atoms with Crippen molar-refractivity contribution in [3.8, 4) is 0 Å². The van der Waals surface area contributed by atoms with Crippen molar-refractivity contribution in [1.29, 1.82) is 0 Å². The smallest absolute Gasteiger partial charge is 0.326 e. The third-order valence-electron chi connectivity index (χ3n) is 3.37. The van der Waals surface area contributed by atoms with Gasteiger partial charge in [0.25, 0.3) is 0 Å². The van der Waals surface area contributed by atoms with Crippen molar-refractivity contribution >= 4 is 23.5 Å². The van der Waals surface area contributed by atoms with Crippen molar-refractivity contribution in [2.45, 2.75) is 45.6 Å². The summed E-state index contributed by atoms with van der Waals surface area (Å²) in [6.45, 7) is 5.77. The number of aliphatic carboxylic acids is 1. The van der Waals surface area contributed by atoms with E-state index in [4.69, 9.17) is 16.7 Å². The van der Waals surface area contributed by atoms with E-state index in [-0.39, 0.29) is 17.7 Å². The molecule has 0 saturated heterocycles. The minimum Gasteiger partial charge on any atom is -0.480 e. The first kappa shape index (κ1) is 17.5. The molecule has 2 atom stereocenters. The number of carboxylic acid groups (broad SMARTS) is 1. The molecule has 116 valence electrons. The molecule has 0 fully saturated rings. The molecule has 0 bridgehead atoms. The van der Waals surface area contributed by atoms with Crippen LogP contribution in [-0.2, 0) is 9.59 Å². The summed E-state index contributed by atoms with van der Waals surface area (Å²) in [5.74, 6) is -1.58. The summed E-state index contributed by atoms with van der Waals surface area (Å²) in [6.07, 6.45) is 1.12. The zero-order valence-corrected chi connectivity index (χ0v) is 13.4. The summed E-state index contributed by atoms with van der Waals surface area (Å²) in [7, 11) is 0. The van der Waals surface area contributed by atoms with Crippen LogP contribution >= 0.6 is 11.6 Å². The lowest BCUT2D eigenvalue weighted by Crippen LogP contribution is -2.43. The number of carbonyl (C=O) groups excluding carboxylic acids is 1. The predicted molar refractivity (Wildman–Crippen MR) is 83.5 cm³/mol. The van der Waals surface area contributed by atoms with Crippen molar-refractivity contribution < 1.29 is 14.7 Å². The van der Waals surface area contributed by atoms with Crippen molar-refractivity contribution in [3.05, 3.63) is 34.9 Å². The second-order valence-corrected chi connectivity index (χ2v) is 5.90. The van der Waals surface area contributed by atoms with E-state index >= 15 is 0 Å². The van der Waals surface area contributed by atoms with Gasteiger partial charge in [0.1, 0.15) is 6.04 Å². The quantitative estimate of drug-likeness (QED) is 0.810. The van der Waals surface area contributed by atoms with Crippen LogP contribution < -0.4 is 5.32 Å². The molecule has 0 spiro atoms. The Labute approximate surface area is 130 Å². The molecule has 5 heteroatoms. The normalized spacial score (nSPS) is 13.8. The molecule has 1 amide bonds. The topological polar surface area (TPSA) is 66.4 Å². The largest absolute Gasteiger partial charge is 0.480 e. The standard InChI is InChI=1S/C16H22ClNO3/c1-4-5-13(16(20)21)18-15(19)14(10(2)3)11-6-8-12(17)9-7-11/h6-10,13-14H,4-5H2,1-3H3,(H,18,19)(H,20,21)/t13-,14?/m0/s1. The summed E-state index contributed by atoms with van der Waals surface area (Å²) < 4.78 is 0. The highest BCUT2D eigenvalue weighted by molar-refractivity contribution is 6.30. The van der Waals surface area contributed by atoms with Gasteiger partial charge in [-0.15, -0.1) is 0 Å². The Morgan fingerprint density at radius 2 is 1.81 bits per heavy atom. The first-order chi connectivity index (χ1) is 9.86. The van der Waals surface area contributed by atoms with Crippen LogP contribution in [0.2, 0.25) is 5.02 Å². The number of hydrogen-bond donors (Lipinski definition) is 2. The Hall–Kier alpha value is -1.55. The molecule has 0 aliphatic carbocycles. The molecule has 1 rings (SSSR count). The summed E-state index contributed by atoms with van der Waals surface area (Å²) in [6, 6.07) is 6.25. The van der Waals surface area contributed by atoms with E-state index in [0.29, 0.717) is 17.9 Å². The Bertz CT molecular complexity index is 485. The summed E-state index contributed by atoms with van der Waals surface area (Å²) in [4.78, 5) is 23.6. The molecular formula is C16H22ClNO3. The number of halogens is 1. The van der Waals surface area contributed by atoms with Crippen LogP contribution in [-0.4, -0.2) is 23.0 Å². The van der Waals surface area contributed by atoms with Gasteiger partial charge >= 0.3 is 5.97 Å². The van der Waals surface area contributed by atoms with Crippen LogP contribution in [0.3, 0.4) is 0 Å². The van der Waals surface area contributed by atoms with Gasteiger partial charge < -0.3 is 10.4 Å². The molecule has 0 aliphatic rings. The summed E-state index contributed by atoms with van der Waals surface area (Å²) >= 11 is 5.86. The Balaban J connectivity index is 2.92. The van der Waals surface area contributed by atoms with E-state index in [0.717, 1.165) is 5.56 Å². The van der Waals surface area contributed by atoms with E-state index in [1.54, 1.807) is 12.1 Å². The first-order valence-electron chi connectivity index (χ1n) is 7.15. The maximum absolute atomic E-state index is 12.5. The average molecular weight is 312 g/mol. The minimum atomic E-state index is -0.996. The first-order valence-corrected chi connectivity index (χ1v) is 7.53. The molecule has 21 heavy (non-hydrogen) atoms. The van der Waals surface area contributed by atoms with E-state index in [2.05, 4.69) is 5.32 Å². The number of benzene rings is 1. The Morgan fingerprint density at radius 3 is 2.24 bits per heavy atom. The number of carboxylic acids is 1. The average Bonchev–Trinajstić information content (AvgIpc) is 2.40. The summed E-state index contributed by atoms with van der Waals surface area (Å²) in [5.41, 5.74) is 0.840. The van der Waals surface area contributed by atoms with E-state index in [9.17, 15) is 9.59 Å². The van der Waals surface area contributed by atoms with Crippen molar-refractivity contribution in [2.24, 2.45) is 5.92 Å². The van der Waals surface area contributed by atoms with E-state index in [1.165, 1.54) is 0 Å². The zero-order valence-electron chi connectivity index (χ0n) is 12.6. The second-order valence-electron chi connectivity index (χ2n) is 5.46. The zero-order chi connectivity index (χ0) is 16.0.